The average Bonchev–Trinajstić information content (AvgIpc) is 2.37. The Kier molecular flexibility index (Phi) is 4.06. The van der Waals surface area contributed by atoms with Crippen LogP contribution in [-0.4, -0.2) is 11.2 Å². The van der Waals surface area contributed by atoms with E-state index in [2.05, 4.69) is 45.9 Å². The Morgan fingerprint density at radius 1 is 1.11 bits per heavy atom. The van der Waals surface area contributed by atoms with Gasteiger partial charge in [0.2, 0.25) is 0 Å². The molecule has 2 aliphatic carbocycles. The Hall–Kier alpha value is -0.820. The van der Waals surface area contributed by atoms with Gasteiger partial charge < -0.3 is 5.11 Å². The summed E-state index contributed by atoms with van der Waals surface area (Å²) in [6.07, 6.45) is 14.5. The Balaban J connectivity index is 2.10. The number of aliphatic hydroxyl groups is 1. The molecule has 0 aromatic rings. The van der Waals surface area contributed by atoms with Crippen LogP contribution in [0.25, 0.3) is 0 Å². The van der Waals surface area contributed by atoms with Gasteiger partial charge >= 0.3 is 0 Å². The van der Waals surface area contributed by atoms with Crippen molar-refractivity contribution >= 4 is 0 Å². The van der Waals surface area contributed by atoms with Crippen LogP contribution in [0.2, 0.25) is 0 Å². The molecule has 0 spiro atoms. The van der Waals surface area contributed by atoms with Crippen LogP contribution in [0.15, 0.2) is 35.5 Å². The Labute approximate surface area is 118 Å². The van der Waals surface area contributed by atoms with Crippen molar-refractivity contribution in [3.05, 3.63) is 35.5 Å². The van der Waals surface area contributed by atoms with Gasteiger partial charge in [-0.05, 0) is 51.4 Å². The van der Waals surface area contributed by atoms with Crippen LogP contribution in [0.5, 0.6) is 0 Å². The summed E-state index contributed by atoms with van der Waals surface area (Å²) in [7, 11) is 0. The lowest BCUT2D eigenvalue weighted by Crippen LogP contribution is -2.32. The molecule has 19 heavy (non-hydrogen) atoms. The van der Waals surface area contributed by atoms with Gasteiger partial charge in [0.05, 0.1) is 6.10 Å². The molecule has 0 radical (unpaired) electrons. The molecule has 3 unspecified atom stereocenters. The average molecular weight is 260 g/mol. The van der Waals surface area contributed by atoms with Gasteiger partial charge in [0.1, 0.15) is 0 Å². The molecule has 1 N–H and O–H groups in total. The van der Waals surface area contributed by atoms with Crippen molar-refractivity contribution in [3.8, 4) is 0 Å². The molecule has 0 saturated carbocycles. The van der Waals surface area contributed by atoms with Crippen molar-refractivity contribution in [2.24, 2.45) is 10.8 Å². The SMILES string of the molecule is CC1=CCC(C)(/C=C/C2(C)CCC(C)=CC2O)CC1. The first-order valence-corrected chi connectivity index (χ1v) is 7.54. The van der Waals surface area contributed by atoms with Crippen molar-refractivity contribution < 1.29 is 5.11 Å². The standard InChI is InChI=1S/C18H28O/c1-14-5-8-17(3,9-6-14)11-12-18(4)10-7-15(2)13-16(18)19/h5,11-13,16,19H,6-10H2,1-4H3/b12-11+. The van der Waals surface area contributed by atoms with Gasteiger partial charge in [-0.1, -0.05) is 49.3 Å². The lowest BCUT2D eigenvalue weighted by Gasteiger charge is -2.36. The van der Waals surface area contributed by atoms with Gasteiger partial charge in [0.15, 0.2) is 0 Å². The second kappa shape index (κ2) is 5.28. The Morgan fingerprint density at radius 3 is 2.37 bits per heavy atom. The first-order valence-electron chi connectivity index (χ1n) is 7.54. The predicted molar refractivity (Wildman–Crippen MR) is 82.0 cm³/mol. The highest BCUT2D eigenvalue weighted by molar-refractivity contribution is 5.20. The summed E-state index contributed by atoms with van der Waals surface area (Å²) in [5.74, 6) is 0. The minimum atomic E-state index is -0.332. The van der Waals surface area contributed by atoms with E-state index in [4.69, 9.17) is 0 Å². The third-order valence-electron chi connectivity index (χ3n) is 5.05. The Morgan fingerprint density at radius 2 is 1.79 bits per heavy atom. The van der Waals surface area contributed by atoms with Gasteiger partial charge in [0.25, 0.3) is 0 Å². The van der Waals surface area contributed by atoms with E-state index in [9.17, 15) is 5.11 Å². The van der Waals surface area contributed by atoms with E-state index in [1.165, 1.54) is 24.0 Å². The normalized spacial score (nSPS) is 40.2. The molecule has 0 bridgehead atoms. The van der Waals surface area contributed by atoms with E-state index in [-0.39, 0.29) is 16.9 Å². The summed E-state index contributed by atoms with van der Waals surface area (Å²) < 4.78 is 0. The summed E-state index contributed by atoms with van der Waals surface area (Å²) in [6.45, 7) is 8.86. The first-order chi connectivity index (χ1) is 8.83. The molecular weight excluding hydrogens is 232 g/mol. The summed E-state index contributed by atoms with van der Waals surface area (Å²) in [5, 5.41) is 10.3. The van der Waals surface area contributed by atoms with E-state index in [1.807, 2.05) is 6.08 Å². The smallest absolute Gasteiger partial charge is 0.0811 e. The van der Waals surface area contributed by atoms with Crippen LogP contribution in [0.4, 0.5) is 0 Å². The number of hydrogen-bond acceptors (Lipinski definition) is 1. The maximum Gasteiger partial charge on any atom is 0.0811 e. The molecule has 1 heteroatoms. The monoisotopic (exact) mass is 260 g/mol. The summed E-state index contributed by atoms with van der Waals surface area (Å²) in [6, 6.07) is 0. The molecule has 0 amide bonds. The lowest BCUT2D eigenvalue weighted by atomic mass is 9.71. The second-order valence-electron chi connectivity index (χ2n) is 7.21. The molecule has 0 saturated heterocycles. The zero-order chi connectivity index (χ0) is 14.1. The van der Waals surface area contributed by atoms with Gasteiger partial charge in [-0.25, -0.2) is 0 Å². The number of rotatable bonds is 2. The Bertz CT molecular complexity index is 429. The molecule has 0 aromatic carbocycles. The first kappa shape index (κ1) is 14.6. The van der Waals surface area contributed by atoms with Crippen molar-refractivity contribution in [1.29, 1.82) is 0 Å². The van der Waals surface area contributed by atoms with Gasteiger partial charge in [-0.2, -0.15) is 0 Å². The third-order valence-corrected chi connectivity index (χ3v) is 5.05. The largest absolute Gasteiger partial charge is 0.388 e. The third kappa shape index (κ3) is 3.39. The van der Waals surface area contributed by atoms with E-state index in [1.54, 1.807) is 0 Å². The topological polar surface area (TPSA) is 20.2 Å². The highest BCUT2D eigenvalue weighted by Gasteiger charge is 2.33. The molecular formula is C18H28O. The number of aliphatic hydroxyl groups excluding tert-OH is 1. The minimum absolute atomic E-state index is 0.0846. The van der Waals surface area contributed by atoms with Crippen molar-refractivity contribution in [2.45, 2.75) is 65.9 Å². The highest BCUT2D eigenvalue weighted by atomic mass is 16.3. The van der Waals surface area contributed by atoms with Gasteiger partial charge in [0, 0.05) is 5.41 Å². The minimum Gasteiger partial charge on any atom is -0.388 e. The number of hydrogen-bond donors (Lipinski definition) is 1. The summed E-state index contributed by atoms with van der Waals surface area (Å²) >= 11 is 0. The van der Waals surface area contributed by atoms with Crippen LogP contribution in [0, 0.1) is 10.8 Å². The van der Waals surface area contributed by atoms with E-state index < -0.39 is 0 Å². The molecule has 0 aromatic heterocycles. The van der Waals surface area contributed by atoms with Crippen LogP contribution >= 0.6 is 0 Å². The maximum atomic E-state index is 10.3. The molecule has 0 aliphatic heterocycles. The quantitative estimate of drug-likeness (QED) is 0.708. The van der Waals surface area contributed by atoms with E-state index >= 15 is 0 Å². The fraction of sp³-hybridized carbons (Fsp3) is 0.667. The molecule has 2 rings (SSSR count). The van der Waals surface area contributed by atoms with Crippen molar-refractivity contribution in [1.82, 2.24) is 0 Å². The number of allylic oxidation sites excluding steroid dienone is 4. The second-order valence-corrected chi connectivity index (χ2v) is 7.21. The molecule has 3 atom stereocenters. The highest BCUT2D eigenvalue weighted by Crippen LogP contribution is 2.41. The van der Waals surface area contributed by atoms with Gasteiger partial charge in [-0.15, -0.1) is 0 Å². The predicted octanol–water partition coefficient (Wildman–Crippen LogP) is 4.79. The van der Waals surface area contributed by atoms with Crippen LogP contribution in [-0.2, 0) is 0 Å². The zero-order valence-corrected chi connectivity index (χ0v) is 12.9. The molecule has 1 nitrogen and oxygen atoms in total. The fourth-order valence-electron chi connectivity index (χ4n) is 2.98. The molecule has 106 valence electrons. The summed E-state index contributed by atoms with van der Waals surface area (Å²) in [4.78, 5) is 0. The van der Waals surface area contributed by atoms with Crippen molar-refractivity contribution in [2.75, 3.05) is 0 Å². The van der Waals surface area contributed by atoms with Crippen molar-refractivity contribution in [3.63, 3.8) is 0 Å². The van der Waals surface area contributed by atoms with Gasteiger partial charge in [-0.3, -0.25) is 0 Å². The van der Waals surface area contributed by atoms with Crippen LogP contribution in [0.1, 0.15) is 59.8 Å². The molecule has 0 heterocycles. The van der Waals surface area contributed by atoms with Crippen LogP contribution in [0.3, 0.4) is 0 Å². The maximum absolute atomic E-state index is 10.3. The molecule has 0 fully saturated rings. The zero-order valence-electron chi connectivity index (χ0n) is 12.9. The van der Waals surface area contributed by atoms with Crippen LogP contribution < -0.4 is 0 Å². The molecule has 2 aliphatic rings. The van der Waals surface area contributed by atoms with E-state index in [0.717, 1.165) is 19.3 Å². The van der Waals surface area contributed by atoms with E-state index in [0.29, 0.717) is 0 Å². The summed E-state index contributed by atoms with van der Waals surface area (Å²) in [5.41, 5.74) is 3.03. The lowest BCUT2D eigenvalue weighted by molar-refractivity contribution is 0.0964. The fourth-order valence-corrected chi connectivity index (χ4v) is 2.98.